The van der Waals surface area contributed by atoms with Gasteiger partial charge in [-0.3, -0.25) is 4.90 Å². The first kappa shape index (κ1) is 15.8. The molecule has 1 saturated heterocycles. The van der Waals surface area contributed by atoms with Crippen molar-refractivity contribution in [2.75, 3.05) is 37.6 Å². The van der Waals surface area contributed by atoms with Crippen molar-refractivity contribution in [1.82, 2.24) is 4.90 Å². The van der Waals surface area contributed by atoms with Crippen LogP contribution in [0, 0.1) is 0 Å². The van der Waals surface area contributed by atoms with Crippen LogP contribution in [0.3, 0.4) is 0 Å². The van der Waals surface area contributed by atoms with Crippen molar-refractivity contribution in [1.29, 1.82) is 0 Å². The van der Waals surface area contributed by atoms with Gasteiger partial charge in [0.1, 0.15) is 0 Å². The predicted octanol–water partition coefficient (Wildman–Crippen LogP) is 1.83. The molecule has 0 spiro atoms. The molecule has 1 aliphatic heterocycles. The molecule has 0 saturated carbocycles. The molecule has 2 rings (SSSR count). The molecule has 0 radical (unpaired) electrons. The summed E-state index contributed by atoms with van der Waals surface area (Å²) in [6.07, 6.45) is 0. The summed E-state index contributed by atoms with van der Waals surface area (Å²) in [5.74, 6) is 0. The molecular formula is C15H23BrN2O2. The van der Waals surface area contributed by atoms with Gasteiger partial charge in [-0.25, -0.2) is 0 Å². The number of rotatable bonds is 4. The van der Waals surface area contributed by atoms with Gasteiger partial charge in [0.15, 0.2) is 0 Å². The van der Waals surface area contributed by atoms with Gasteiger partial charge in [0.25, 0.3) is 0 Å². The average Bonchev–Trinajstić information content (AvgIpc) is 2.38. The summed E-state index contributed by atoms with van der Waals surface area (Å²) in [5, 5.41) is 19.4. The summed E-state index contributed by atoms with van der Waals surface area (Å²) < 4.78 is 0.992. The minimum Gasteiger partial charge on any atom is -0.392 e. The zero-order valence-electron chi connectivity index (χ0n) is 12.1. The predicted molar refractivity (Wildman–Crippen MR) is 85.0 cm³/mol. The van der Waals surface area contributed by atoms with Crippen LogP contribution in [0.5, 0.6) is 0 Å². The Morgan fingerprint density at radius 3 is 2.40 bits per heavy atom. The molecule has 0 atom stereocenters. The second kappa shape index (κ2) is 6.43. The van der Waals surface area contributed by atoms with Gasteiger partial charge < -0.3 is 15.1 Å². The van der Waals surface area contributed by atoms with Crippen LogP contribution in [0.15, 0.2) is 22.7 Å². The lowest BCUT2D eigenvalue weighted by Crippen LogP contribution is -2.50. The monoisotopic (exact) mass is 342 g/mol. The number of β-amino-alcohol motifs (C(OH)–C–C–N with tert-alkyl or cyclic N) is 1. The largest absolute Gasteiger partial charge is 0.392 e. The SMILES string of the molecule is CC(C)(O)CN1CCN(c2ccc(Br)cc2CO)CC1. The maximum absolute atomic E-state index is 9.87. The number of anilines is 1. The van der Waals surface area contributed by atoms with Gasteiger partial charge in [0.05, 0.1) is 12.2 Å². The fourth-order valence-electron chi connectivity index (χ4n) is 2.68. The maximum Gasteiger partial charge on any atom is 0.0718 e. The quantitative estimate of drug-likeness (QED) is 0.876. The topological polar surface area (TPSA) is 46.9 Å². The lowest BCUT2D eigenvalue weighted by Gasteiger charge is -2.39. The summed E-state index contributed by atoms with van der Waals surface area (Å²) in [4.78, 5) is 4.59. The zero-order valence-corrected chi connectivity index (χ0v) is 13.7. The van der Waals surface area contributed by atoms with E-state index in [1.807, 2.05) is 26.0 Å². The molecule has 0 bridgehead atoms. The fourth-order valence-corrected chi connectivity index (χ4v) is 3.09. The molecule has 1 heterocycles. The molecular weight excluding hydrogens is 320 g/mol. The van der Waals surface area contributed by atoms with Crippen LogP contribution in [0.2, 0.25) is 0 Å². The van der Waals surface area contributed by atoms with Crippen molar-refractivity contribution in [2.45, 2.75) is 26.1 Å². The van der Waals surface area contributed by atoms with Crippen LogP contribution < -0.4 is 4.90 Å². The summed E-state index contributed by atoms with van der Waals surface area (Å²) in [7, 11) is 0. The third-order valence-electron chi connectivity index (χ3n) is 3.54. The number of hydrogen-bond donors (Lipinski definition) is 2. The first-order valence-electron chi connectivity index (χ1n) is 6.98. The Balaban J connectivity index is 2.00. The normalized spacial score (nSPS) is 17.6. The van der Waals surface area contributed by atoms with Crippen molar-refractivity contribution in [2.24, 2.45) is 0 Å². The summed E-state index contributed by atoms with van der Waals surface area (Å²) in [5.41, 5.74) is 1.42. The van der Waals surface area contributed by atoms with Gasteiger partial charge >= 0.3 is 0 Å². The molecule has 0 aliphatic carbocycles. The van der Waals surface area contributed by atoms with E-state index in [4.69, 9.17) is 0 Å². The van der Waals surface area contributed by atoms with Crippen LogP contribution in [-0.4, -0.2) is 53.4 Å². The highest BCUT2D eigenvalue weighted by Crippen LogP contribution is 2.26. The molecule has 0 aromatic heterocycles. The third kappa shape index (κ3) is 4.19. The van der Waals surface area contributed by atoms with Gasteiger partial charge in [-0.15, -0.1) is 0 Å². The number of halogens is 1. The Morgan fingerprint density at radius 1 is 1.20 bits per heavy atom. The Morgan fingerprint density at radius 2 is 1.85 bits per heavy atom. The molecule has 2 N–H and O–H groups in total. The molecule has 1 aromatic carbocycles. The number of hydrogen-bond acceptors (Lipinski definition) is 4. The molecule has 1 aliphatic rings. The Kier molecular flexibility index (Phi) is 5.07. The van der Waals surface area contributed by atoms with Crippen molar-refractivity contribution in [3.63, 3.8) is 0 Å². The highest BCUT2D eigenvalue weighted by Gasteiger charge is 2.23. The van der Waals surface area contributed by atoms with Crippen molar-refractivity contribution in [3.05, 3.63) is 28.2 Å². The van der Waals surface area contributed by atoms with Crippen LogP contribution in [0.1, 0.15) is 19.4 Å². The van der Waals surface area contributed by atoms with Gasteiger partial charge in [-0.05, 0) is 32.0 Å². The summed E-state index contributed by atoms with van der Waals surface area (Å²) in [6.45, 7) is 8.16. The first-order chi connectivity index (χ1) is 9.39. The Hall–Kier alpha value is -0.620. The average molecular weight is 343 g/mol. The van der Waals surface area contributed by atoms with Crippen LogP contribution >= 0.6 is 15.9 Å². The second-order valence-corrected chi connectivity index (χ2v) is 6.92. The second-order valence-electron chi connectivity index (χ2n) is 6.01. The number of nitrogens with zero attached hydrogens (tertiary/aromatic N) is 2. The molecule has 1 aromatic rings. The van der Waals surface area contributed by atoms with Crippen LogP contribution in [-0.2, 0) is 6.61 Å². The summed E-state index contributed by atoms with van der Waals surface area (Å²) >= 11 is 3.44. The van der Waals surface area contributed by atoms with E-state index in [0.717, 1.165) is 41.9 Å². The number of piperazine rings is 1. The van der Waals surface area contributed by atoms with Crippen molar-refractivity contribution in [3.8, 4) is 0 Å². The van der Waals surface area contributed by atoms with Crippen molar-refractivity contribution < 1.29 is 10.2 Å². The molecule has 0 unspecified atom stereocenters. The van der Waals surface area contributed by atoms with E-state index in [0.29, 0.717) is 6.54 Å². The minimum atomic E-state index is -0.643. The highest BCUT2D eigenvalue weighted by atomic mass is 79.9. The van der Waals surface area contributed by atoms with Gasteiger partial charge in [-0.2, -0.15) is 0 Å². The molecule has 4 nitrogen and oxygen atoms in total. The van der Waals surface area contributed by atoms with Crippen LogP contribution in [0.25, 0.3) is 0 Å². The van der Waals surface area contributed by atoms with E-state index in [9.17, 15) is 10.2 Å². The Labute approximate surface area is 129 Å². The van der Waals surface area contributed by atoms with Gasteiger partial charge in [-0.1, -0.05) is 15.9 Å². The molecule has 0 amide bonds. The summed E-state index contributed by atoms with van der Waals surface area (Å²) in [6, 6.07) is 6.04. The lowest BCUT2D eigenvalue weighted by atomic mass is 10.1. The fraction of sp³-hybridized carbons (Fsp3) is 0.600. The maximum atomic E-state index is 9.87. The van der Waals surface area contributed by atoms with Gasteiger partial charge in [0.2, 0.25) is 0 Å². The van der Waals surface area contributed by atoms with E-state index in [1.54, 1.807) is 0 Å². The Bertz CT molecular complexity index is 452. The molecule has 20 heavy (non-hydrogen) atoms. The number of aliphatic hydroxyl groups excluding tert-OH is 1. The van der Waals surface area contributed by atoms with E-state index in [-0.39, 0.29) is 6.61 Å². The highest BCUT2D eigenvalue weighted by molar-refractivity contribution is 9.10. The smallest absolute Gasteiger partial charge is 0.0718 e. The van der Waals surface area contributed by atoms with E-state index in [2.05, 4.69) is 31.8 Å². The van der Waals surface area contributed by atoms with Gasteiger partial charge in [0, 0.05) is 48.4 Å². The van der Waals surface area contributed by atoms with Crippen molar-refractivity contribution >= 4 is 21.6 Å². The van der Waals surface area contributed by atoms with Crippen LogP contribution in [0.4, 0.5) is 5.69 Å². The first-order valence-corrected chi connectivity index (χ1v) is 7.77. The third-order valence-corrected chi connectivity index (χ3v) is 4.03. The number of aliphatic hydroxyl groups is 2. The molecule has 112 valence electrons. The van der Waals surface area contributed by atoms with E-state index < -0.39 is 5.60 Å². The minimum absolute atomic E-state index is 0.0542. The van der Waals surface area contributed by atoms with E-state index >= 15 is 0 Å². The van der Waals surface area contributed by atoms with E-state index in [1.165, 1.54) is 0 Å². The lowest BCUT2D eigenvalue weighted by molar-refractivity contribution is 0.0345. The molecule has 5 heteroatoms. The number of benzene rings is 1. The standard InChI is InChI=1S/C15H23BrN2O2/c1-15(2,20)11-17-5-7-18(8-6-17)14-4-3-13(16)9-12(14)10-19/h3-4,9,19-20H,5-8,10-11H2,1-2H3. The zero-order chi connectivity index (χ0) is 14.8. The molecule has 1 fully saturated rings.